The molecule has 0 radical (unpaired) electrons. The highest BCUT2D eigenvalue weighted by Gasteiger charge is 2.19. The molecule has 6 aromatic rings. The number of hydrogen-bond donors (Lipinski definition) is 6. The van der Waals surface area contributed by atoms with Crippen LogP contribution in [0.1, 0.15) is 11.4 Å². The van der Waals surface area contributed by atoms with E-state index in [9.17, 15) is 20.4 Å². The minimum atomic E-state index is -0.0352. The molecule has 10 nitrogen and oxygen atoms in total. The first-order valence-corrected chi connectivity index (χ1v) is 14.5. The highest BCUT2D eigenvalue weighted by Crippen LogP contribution is 2.42. The Bertz CT molecular complexity index is 1950. The van der Waals surface area contributed by atoms with Crippen LogP contribution in [0, 0.1) is 13.8 Å². The van der Waals surface area contributed by atoms with E-state index < -0.39 is 0 Å². The minimum absolute atomic E-state index is 0.0127. The molecule has 230 valence electrons. The van der Waals surface area contributed by atoms with Crippen LogP contribution >= 0.6 is 15.9 Å². The zero-order valence-electron chi connectivity index (χ0n) is 24.9. The molecule has 0 saturated heterocycles. The summed E-state index contributed by atoms with van der Waals surface area (Å²) in [4.78, 5) is 0. The van der Waals surface area contributed by atoms with Gasteiger partial charge < -0.3 is 29.9 Å². The maximum absolute atomic E-state index is 10.2. The highest BCUT2D eigenvalue weighted by atomic mass is 79.9. The van der Waals surface area contributed by atoms with Crippen LogP contribution in [0.4, 0.5) is 0 Å². The molecule has 0 saturated carbocycles. The van der Waals surface area contributed by atoms with Gasteiger partial charge in [-0.3, -0.25) is 10.2 Å². The molecular weight excluding hydrogens is 640 g/mol. The molecule has 4 aromatic carbocycles. The lowest BCUT2D eigenvalue weighted by molar-refractivity contribution is 0.415. The summed E-state index contributed by atoms with van der Waals surface area (Å²) >= 11 is 3.27. The van der Waals surface area contributed by atoms with Gasteiger partial charge in [-0.2, -0.15) is 10.2 Å². The fourth-order valence-electron chi connectivity index (χ4n) is 4.93. The Hall–Kier alpha value is -5.42. The first-order chi connectivity index (χ1) is 21.6. The molecule has 0 spiro atoms. The molecule has 11 heteroatoms. The number of aromatic nitrogens is 4. The van der Waals surface area contributed by atoms with E-state index in [4.69, 9.17) is 9.47 Å². The van der Waals surface area contributed by atoms with Gasteiger partial charge in [-0.15, -0.1) is 0 Å². The van der Waals surface area contributed by atoms with Gasteiger partial charge in [0, 0.05) is 45.8 Å². The van der Waals surface area contributed by atoms with E-state index in [1.165, 1.54) is 18.2 Å². The number of H-pyrrole nitrogens is 2. The summed E-state index contributed by atoms with van der Waals surface area (Å²) in [5.41, 5.74) is 7.85. The van der Waals surface area contributed by atoms with E-state index in [-0.39, 0.29) is 23.0 Å². The normalized spacial score (nSPS) is 10.7. The minimum Gasteiger partial charge on any atom is -0.508 e. The van der Waals surface area contributed by atoms with Crippen LogP contribution in [0.2, 0.25) is 0 Å². The second kappa shape index (κ2) is 13.1. The number of ether oxygens (including phenoxy) is 2. The topological polar surface area (TPSA) is 157 Å². The summed E-state index contributed by atoms with van der Waals surface area (Å²) in [5, 5.41) is 53.9. The number of aromatic amines is 2. The number of phenolic OH excluding ortho intramolecular Hbond substituents is 4. The second-order valence-electron chi connectivity index (χ2n) is 10.1. The quantitative estimate of drug-likeness (QED) is 0.105. The molecule has 45 heavy (non-hydrogen) atoms. The van der Waals surface area contributed by atoms with Crippen molar-refractivity contribution in [2.45, 2.75) is 13.8 Å². The zero-order valence-corrected chi connectivity index (χ0v) is 26.5. The maximum atomic E-state index is 10.2. The molecule has 0 unspecified atom stereocenters. The number of aromatic hydroxyl groups is 4. The Morgan fingerprint density at radius 1 is 0.578 bits per heavy atom. The molecule has 0 amide bonds. The van der Waals surface area contributed by atoms with Crippen molar-refractivity contribution < 1.29 is 29.9 Å². The van der Waals surface area contributed by atoms with Crippen molar-refractivity contribution in [3.8, 4) is 79.3 Å². The first-order valence-electron chi connectivity index (χ1n) is 13.7. The number of aryl methyl sites for hydroxylation is 2. The van der Waals surface area contributed by atoms with Crippen molar-refractivity contribution in [3.63, 3.8) is 0 Å². The van der Waals surface area contributed by atoms with Crippen LogP contribution in [-0.4, -0.2) is 55.0 Å². The molecule has 6 rings (SSSR count). The van der Waals surface area contributed by atoms with Crippen molar-refractivity contribution in [2.24, 2.45) is 0 Å². The molecule has 0 aliphatic carbocycles. The Labute approximate surface area is 267 Å². The fraction of sp³-hybridized carbons (Fsp3) is 0.118. The SMILES string of the molecule is COc1ccc(-c2c(-c3cc(Br)c(O)cc3O)n[nH]c2C)cc1.COc1ccc(-c2c(-c3ccc(O)cc3O)n[nH]c2C)cc1. The molecule has 0 aliphatic rings. The van der Waals surface area contributed by atoms with Crippen molar-refractivity contribution in [3.05, 3.63) is 94.7 Å². The monoisotopic (exact) mass is 670 g/mol. The predicted molar refractivity (Wildman–Crippen MR) is 176 cm³/mol. The Morgan fingerprint density at radius 2 is 1.04 bits per heavy atom. The van der Waals surface area contributed by atoms with E-state index in [2.05, 4.69) is 36.3 Å². The average Bonchev–Trinajstić information content (AvgIpc) is 3.61. The van der Waals surface area contributed by atoms with E-state index in [1.54, 1.807) is 26.4 Å². The summed E-state index contributed by atoms with van der Waals surface area (Å²) in [6.45, 7) is 3.84. The summed E-state index contributed by atoms with van der Waals surface area (Å²) in [5.74, 6) is 1.49. The molecular formula is C34H31BrN4O6. The summed E-state index contributed by atoms with van der Waals surface area (Å²) in [6.07, 6.45) is 0. The highest BCUT2D eigenvalue weighted by molar-refractivity contribution is 9.10. The molecule has 2 heterocycles. The second-order valence-corrected chi connectivity index (χ2v) is 11.0. The predicted octanol–water partition coefficient (Wildman–Crippen LogP) is 7.71. The van der Waals surface area contributed by atoms with Gasteiger partial charge in [0.15, 0.2) is 0 Å². The molecule has 0 fully saturated rings. The van der Waals surface area contributed by atoms with Crippen LogP contribution in [0.5, 0.6) is 34.5 Å². The molecule has 0 atom stereocenters. The van der Waals surface area contributed by atoms with Crippen molar-refractivity contribution in [1.29, 1.82) is 0 Å². The summed E-state index contributed by atoms with van der Waals surface area (Å²) < 4.78 is 10.8. The molecule has 0 aliphatic heterocycles. The third-order valence-electron chi connectivity index (χ3n) is 7.21. The Balaban J connectivity index is 0.000000178. The lowest BCUT2D eigenvalue weighted by Crippen LogP contribution is -1.87. The standard InChI is InChI=1S/C17H15BrN2O3.C17H16N2O3/c1-9-16(10-3-5-11(23-2)6-4-10)17(20-19-9)12-7-13(18)15(22)8-14(12)21;1-10-16(11-3-6-13(22-2)7-4-11)17(19-18-10)14-8-5-12(20)9-15(14)21/h3-8,21-22H,1-2H3,(H,19,20);3-9,20-21H,1-2H3,(H,18,19). The van der Waals surface area contributed by atoms with Crippen LogP contribution in [0.3, 0.4) is 0 Å². The lowest BCUT2D eigenvalue weighted by atomic mass is 9.98. The first kappa shape index (κ1) is 31.0. The molecule has 6 N–H and O–H groups in total. The van der Waals surface area contributed by atoms with Crippen molar-refractivity contribution in [2.75, 3.05) is 14.2 Å². The van der Waals surface area contributed by atoms with E-state index in [0.717, 1.165) is 45.1 Å². The van der Waals surface area contributed by atoms with Gasteiger partial charge in [-0.05, 0) is 83.4 Å². The van der Waals surface area contributed by atoms with Gasteiger partial charge in [-0.25, -0.2) is 0 Å². The number of nitrogens with one attached hydrogen (secondary N) is 2. The van der Waals surface area contributed by atoms with Gasteiger partial charge in [0.2, 0.25) is 0 Å². The number of benzene rings is 4. The van der Waals surface area contributed by atoms with Crippen LogP contribution in [0.25, 0.3) is 44.8 Å². The van der Waals surface area contributed by atoms with E-state index in [1.807, 2.05) is 62.4 Å². The molecule has 0 bridgehead atoms. The Morgan fingerprint density at radius 3 is 1.51 bits per heavy atom. The molecule has 2 aromatic heterocycles. The number of phenols is 4. The van der Waals surface area contributed by atoms with E-state index >= 15 is 0 Å². The Kier molecular flexibility index (Phi) is 9.01. The van der Waals surface area contributed by atoms with Gasteiger partial charge in [0.25, 0.3) is 0 Å². The van der Waals surface area contributed by atoms with Gasteiger partial charge in [0.05, 0.1) is 18.7 Å². The number of methoxy groups -OCH3 is 2. The average molecular weight is 672 g/mol. The van der Waals surface area contributed by atoms with Crippen molar-refractivity contribution in [1.82, 2.24) is 20.4 Å². The number of nitrogens with zero attached hydrogens (tertiary/aromatic N) is 2. The van der Waals surface area contributed by atoms with Crippen LogP contribution in [-0.2, 0) is 0 Å². The maximum Gasteiger partial charge on any atom is 0.133 e. The number of halogens is 1. The third-order valence-corrected chi connectivity index (χ3v) is 7.84. The van der Waals surface area contributed by atoms with Gasteiger partial charge in [-0.1, -0.05) is 24.3 Å². The lowest BCUT2D eigenvalue weighted by Gasteiger charge is -2.09. The fourth-order valence-corrected chi connectivity index (χ4v) is 5.27. The third kappa shape index (κ3) is 6.43. The van der Waals surface area contributed by atoms with E-state index in [0.29, 0.717) is 27.0 Å². The van der Waals surface area contributed by atoms with Crippen molar-refractivity contribution >= 4 is 15.9 Å². The van der Waals surface area contributed by atoms with Gasteiger partial charge in [0.1, 0.15) is 45.9 Å². The number of hydrogen-bond acceptors (Lipinski definition) is 8. The van der Waals surface area contributed by atoms with Crippen LogP contribution < -0.4 is 9.47 Å². The largest absolute Gasteiger partial charge is 0.508 e. The smallest absolute Gasteiger partial charge is 0.133 e. The summed E-state index contributed by atoms with van der Waals surface area (Å²) in [6, 6.07) is 22.7. The van der Waals surface area contributed by atoms with Crippen LogP contribution in [0.15, 0.2) is 83.3 Å². The zero-order chi connectivity index (χ0) is 32.2. The van der Waals surface area contributed by atoms with Gasteiger partial charge >= 0.3 is 0 Å². The number of rotatable bonds is 6. The summed E-state index contributed by atoms with van der Waals surface area (Å²) in [7, 11) is 3.24.